The fourth-order valence-electron chi connectivity index (χ4n) is 4.46. The summed E-state index contributed by atoms with van der Waals surface area (Å²) in [5.74, 6) is 0. The average molecular weight is 691 g/mol. The Bertz CT molecular complexity index is 2230. The highest BCUT2D eigenvalue weighted by Crippen LogP contribution is 2.51. The number of nitro groups is 7. The maximum Gasteiger partial charge on any atom is 0.334 e. The van der Waals surface area contributed by atoms with Gasteiger partial charge in [-0.1, -0.05) is 0 Å². The third kappa shape index (κ3) is 4.98. The molecule has 0 atom stereocenters. The van der Waals surface area contributed by atoms with Gasteiger partial charge in [0, 0.05) is 0 Å². The predicted molar refractivity (Wildman–Crippen MR) is 146 cm³/mol. The standard InChI is InChI=1S/C18H5N13O18/c32-23(33)4-1-5(24(34)35)11(20-13-7(26(38)39)3-9(28(42)43)15-18(13)31(47)49-22-15)16(29(44)45)10(4)19-12-6(25(36)37)2-8(27(40)41)14-17(12)30(46)48-21-14/h1-3,19-20H. The van der Waals surface area contributed by atoms with Gasteiger partial charge in [-0.2, -0.15) is 0 Å². The average Bonchev–Trinajstić information content (AvgIpc) is 3.59. The Morgan fingerprint density at radius 1 is 0.469 bits per heavy atom. The van der Waals surface area contributed by atoms with Crippen molar-refractivity contribution in [3.8, 4) is 0 Å². The van der Waals surface area contributed by atoms with Crippen molar-refractivity contribution in [1.82, 2.24) is 10.3 Å². The third-order valence-electron chi connectivity index (χ3n) is 6.37. The number of non-ortho nitro benzene ring substituents is 2. The molecule has 5 aromatic rings. The van der Waals surface area contributed by atoms with E-state index in [-0.39, 0.29) is 18.2 Å². The first kappa shape index (κ1) is 31.9. The van der Waals surface area contributed by atoms with Gasteiger partial charge in [0.05, 0.1) is 50.8 Å². The molecule has 0 aliphatic carbocycles. The minimum absolute atomic E-state index is 0.0121. The summed E-state index contributed by atoms with van der Waals surface area (Å²) >= 11 is 0. The topological polar surface area (TPSA) is 432 Å². The highest BCUT2D eigenvalue weighted by atomic mass is 16.8. The molecule has 0 saturated carbocycles. The van der Waals surface area contributed by atoms with E-state index in [4.69, 9.17) is 0 Å². The quantitative estimate of drug-likeness (QED) is 0.114. The molecule has 2 heterocycles. The van der Waals surface area contributed by atoms with E-state index in [0.717, 1.165) is 0 Å². The number of hydrogen-bond acceptors (Lipinski definition) is 22. The van der Waals surface area contributed by atoms with Crippen molar-refractivity contribution >= 4 is 84.6 Å². The normalized spacial score (nSPS) is 10.9. The molecule has 0 radical (unpaired) electrons. The fourth-order valence-corrected chi connectivity index (χ4v) is 4.46. The van der Waals surface area contributed by atoms with E-state index in [1.807, 2.05) is 10.6 Å². The van der Waals surface area contributed by atoms with E-state index in [1.54, 1.807) is 0 Å². The molecule has 0 saturated heterocycles. The number of rotatable bonds is 11. The lowest BCUT2D eigenvalue weighted by Crippen LogP contribution is -2.24. The molecule has 0 aliphatic heterocycles. The van der Waals surface area contributed by atoms with E-state index in [0.29, 0.717) is 0 Å². The lowest BCUT2D eigenvalue weighted by molar-refractivity contribution is -0.782. The summed E-state index contributed by atoms with van der Waals surface area (Å²) in [4.78, 5) is 72.4. The Kier molecular flexibility index (Phi) is 7.23. The first-order chi connectivity index (χ1) is 23.0. The molecule has 3 aromatic carbocycles. The lowest BCUT2D eigenvalue weighted by atomic mass is 10.1. The van der Waals surface area contributed by atoms with Gasteiger partial charge in [-0.25, -0.2) is 0 Å². The van der Waals surface area contributed by atoms with Crippen LogP contribution in [0.5, 0.6) is 0 Å². The molecule has 31 heteroatoms. The van der Waals surface area contributed by atoms with Crippen LogP contribution >= 0.6 is 0 Å². The van der Waals surface area contributed by atoms with Crippen molar-refractivity contribution in [3.05, 3.63) is 99.4 Å². The highest BCUT2D eigenvalue weighted by molar-refractivity contribution is 6.04. The summed E-state index contributed by atoms with van der Waals surface area (Å²) in [7, 11) is 0. The lowest BCUT2D eigenvalue weighted by Gasteiger charge is -2.13. The van der Waals surface area contributed by atoms with Crippen LogP contribution in [-0.2, 0) is 0 Å². The number of nitrogens with zero attached hydrogens (tertiary/aromatic N) is 11. The molecule has 0 unspecified atom stereocenters. The van der Waals surface area contributed by atoms with Crippen LogP contribution in [0.1, 0.15) is 0 Å². The monoisotopic (exact) mass is 691 g/mol. The van der Waals surface area contributed by atoms with Crippen LogP contribution in [0, 0.1) is 81.2 Å². The Morgan fingerprint density at radius 2 is 0.755 bits per heavy atom. The van der Waals surface area contributed by atoms with Crippen LogP contribution in [0.3, 0.4) is 0 Å². The van der Waals surface area contributed by atoms with Gasteiger partial charge in [-0.3, -0.25) is 80.1 Å². The van der Waals surface area contributed by atoms with Crippen LogP contribution < -0.4 is 20.4 Å². The maximum atomic E-state index is 12.5. The molecule has 0 aliphatic rings. The molecule has 49 heavy (non-hydrogen) atoms. The van der Waals surface area contributed by atoms with Gasteiger partial charge in [0.15, 0.2) is 22.7 Å². The number of fused-ring (bicyclic) bond motifs is 2. The van der Waals surface area contributed by atoms with Crippen LogP contribution in [0.15, 0.2) is 27.5 Å². The largest absolute Gasteiger partial charge is 0.359 e. The van der Waals surface area contributed by atoms with Gasteiger partial charge in [0.25, 0.3) is 11.0 Å². The second-order valence-electron chi connectivity index (χ2n) is 8.90. The molecule has 0 fully saturated rings. The second kappa shape index (κ2) is 11.1. The molecular weight excluding hydrogens is 686 g/mol. The molecule has 0 bridgehead atoms. The van der Waals surface area contributed by atoms with Gasteiger partial charge in [0.2, 0.25) is 0 Å². The van der Waals surface area contributed by atoms with Crippen molar-refractivity contribution in [3.63, 3.8) is 0 Å². The van der Waals surface area contributed by atoms with Gasteiger partial charge >= 0.3 is 50.8 Å². The molecule has 31 nitrogen and oxygen atoms in total. The maximum absolute atomic E-state index is 12.5. The van der Waals surface area contributed by atoms with Gasteiger partial charge in [-0.05, 0) is 9.81 Å². The van der Waals surface area contributed by atoms with Crippen molar-refractivity contribution in [2.45, 2.75) is 0 Å². The van der Waals surface area contributed by atoms with Crippen LogP contribution in [-0.4, -0.2) is 44.8 Å². The Hall–Kier alpha value is -8.54. The van der Waals surface area contributed by atoms with Crippen molar-refractivity contribution in [2.75, 3.05) is 10.6 Å². The van der Waals surface area contributed by atoms with Gasteiger partial charge in [0.1, 0.15) is 12.1 Å². The minimum atomic E-state index is -1.81. The first-order valence-electron chi connectivity index (χ1n) is 11.8. The zero-order valence-corrected chi connectivity index (χ0v) is 22.5. The summed E-state index contributed by atoms with van der Waals surface area (Å²) in [5, 5.41) is 118. The molecule has 0 amide bonds. The number of aromatic nitrogens is 4. The molecule has 2 N–H and O–H groups in total. The second-order valence-corrected chi connectivity index (χ2v) is 8.90. The van der Waals surface area contributed by atoms with E-state index in [1.165, 1.54) is 0 Å². The van der Waals surface area contributed by atoms with Crippen LogP contribution in [0.2, 0.25) is 0 Å². The van der Waals surface area contributed by atoms with E-state index >= 15 is 0 Å². The fraction of sp³-hybridized carbons (Fsp3) is 0. The van der Waals surface area contributed by atoms with E-state index < -0.39 is 129 Å². The van der Waals surface area contributed by atoms with E-state index in [2.05, 4.69) is 19.6 Å². The zero-order valence-electron chi connectivity index (χ0n) is 22.5. The number of anilines is 4. The minimum Gasteiger partial charge on any atom is -0.359 e. The summed E-state index contributed by atoms with van der Waals surface area (Å²) in [6, 6.07) is 0.384. The molecule has 5 rings (SSSR count). The number of benzene rings is 3. The summed E-state index contributed by atoms with van der Waals surface area (Å²) in [6.45, 7) is 0. The summed E-state index contributed by atoms with van der Waals surface area (Å²) in [6.07, 6.45) is 0. The zero-order chi connectivity index (χ0) is 36.2. The Morgan fingerprint density at radius 3 is 1.04 bits per heavy atom. The third-order valence-corrected chi connectivity index (χ3v) is 6.37. The smallest absolute Gasteiger partial charge is 0.334 e. The number of hydrogen-bond donors (Lipinski definition) is 2. The summed E-state index contributed by atoms with van der Waals surface area (Å²) in [5.41, 5.74) is -20.4. The van der Waals surface area contributed by atoms with Crippen LogP contribution in [0.4, 0.5) is 62.6 Å². The van der Waals surface area contributed by atoms with Crippen molar-refractivity contribution in [2.24, 2.45) is 0 Å². The van der Waals surface area contributed by atoms with E-state index in [9.17, 15) is 81.2 Å². The summed E-state index contributed by atoms with van der Waals surface area (Å²) < 4.78 is 8.50. The number of nitro benzene ring substituents is 7. The number of nitrogens with one attached hydrogen (secondary N) is 2. The molecule has 250 valence electrons. The Balaban J connectivity index is 1.92. The predicted octanol–water partition coefficient (Wildman–Crippen LogP) is 2.08. The molecule has 0 spiro atoms. The van der Waals surface area contributed by atoms with Crippen LogP contribution in [0.25, 0.3) is 22.1 Å². The van der Waals surface area contributed by atoms with Gasteiger partial charge < -0.3 is 21.0 Å². The molecular formula is C18H5N13O18. The van der Waals surface area contributed by atoms with Crippen molar-refractivity contribution in [1.29, 1.82) is 0 Å². The highest BCUT2D eigenvalue weighted by Gasteiger charge is 2.43. The van der Waals surface area contributed by atoms with Crippen molar-refractivity contribution < 1.29 is 53.5 Å². The Labute approximate surface area is 259 Å². The van der Waals surface area contributed by atoms with Gasteiger partial charge in [-0.15, -0.1) is 0 Å². The SMILES string of the molecule is O=[N+]([O-])c1cc([N+](=O)[O-])c(Nc2c([N+](=O)[O-])cc([N+](=O)[O-])c3no[n+]([O-])c23)c([N+](=O)[O-])c1Nc1c([N+](=O)[O-])cc([N+](=O)[O-])c2no[n+]([O-])c12. The molecule has 2 aromatic heterocycles. The first-order valence-corrected chi connectivity index (χ1v) is 11.8.